The molecular weight excluding hydrogens is 410 g/mol. The summed E-state index contributed by atoms with van der Waals surface area (Å²) < 4.78 is 2.25. The predicted molar refractivity (Wildman–Crippen MR) is 133 cm³/mol. The van der Waals surface area contributed by atoms with Gasteiger partial charge in [0, 0.05) is 43.0 Å². The van der Waals surface area contributed by atoms with Crippen LogP contribution in [-0.2, 0) is 17.8 Å². The lowest BCUT2D eigenvalue weighted by atomic mass is 9.96. The highest BCUT2D eigenvalue weighted by molar-refractivity contribution is 6.02. The standard InChI is InChI=1S/C28H33N3O2/c1-3-9-24-27(23-15-13-22(14-16-23)21-10-5-4-6-11-21)26(28(29)33)20(2)31(24)19-8-18-30-17-7-12-25(30)32/h4-6,10-11,13-16H,3,7-9,12,17-19H2,1-2H3,(H2,29,33). The van der Waals surface area contributed by atoms with Gasteiger partial charge in [0.15, 0.2) is 0 Å². The molecule has 5 nitrogen and oxygen atoms in total. The van der Waals surface area contributed by atoms with Gasteiger partial charge < -0.3 is 15.2 Å². The van der Waals surface area contributed by atoms with Crippen LogP contribution in [0.2, 0.25) is 0 Å². The molecule has 2 N–H and O–H groups in total. The highest BCUT2D eigenvalue weighted by Crippen LogP contribution is 2.35. The highest BCUT2D eigenvalue weighted by atomic mass is 16.2. The second-order valence-corrected chi connectivity index (χ2v) is 8.83. The van der Waals surface area contributed by atoms with Crippen molar-refractivity contribution in [3.8, 4) is 22.3 Å². The molecule has 0 bridgehead atoms. The van der Waals surface area contributed by atoms with E-state index in [4.69, 9.17) is 5.73 Å². The summed E-state index contributed by atoms with van der Waals surface area (Å²) >= 11 is 0. The van der Waals surface area contributed by atoms with Gasteiger partial charge in [-0.2, -0.15) is 0 Å². The van der Waals surface area contributed by atoms with E-state index in [-0.39, 0.29) is 11.8 Å². The molecule has 3 aromatic rings. The lowest BCUT2D eigenvalue weighted by Gasteiger charge is -2.17. The first kappa shape index (κ1) is 22.8. The zero-order chi connectivity index (χ0) is 23.4. The molecule has 1 aliphatic heterocycles. The Morgan fingerprint density at radius 1 is 0.970 bits per heavy atom. The van der Waals surface area contributed by atoms with Crippen molar-refractivity contribution in [2.45, 2.75) is 52.5 Å². The van der Waals surface area contributed by atoms with Crippen LogP contribution in [0.5, 0.6) is 0 Å². The van der Waals surface area contributed by atoms with Crippen LogP contribution in [0, 0.1) is 6.92 Å². The van der Waals surface area contributed by atoms with Crippen molar-refractivity contribution < 1.29 is 9.59 Å². The first-order valence-corrected chi connectivity index (χ1v) is 12.0. The van der Waals surface area contributed by atoms with Crippen LogP contribution < -0.4 is 5.73 Å². The van der Waals surface area contributed by atoms with Gasteiger partial charge in [-0.1, -0.05) is 67.9 Å². The van der Waals surface area contributed by atoms with Gasteiger partial charge in [-0.15, -0.1) is 0 Å². The van der Waals surface area contributed by atoms with Gasteiger partial charge in [0.1, 0.15) is 0 Å². The summed E-state index contributed by atoms with van der Waals surface area (Å²) in [5, 5.41) is 0. The minimum Gasteiger partial charge on any atom is -0.366 e. The summed E-state index contributed by atoms with van der Waals surface area (Å²) in [6, 6.07) is 18.7. The number of rotatable bonds is 9. The summed E-state index contributed by atoms with van der Waals surface area (Å²) in [5.41, 5.74) is 12.9. The zero-order valence-electron chi connectivity index (χ0n) is 19.6. The van der Waals surface area contributed by atoms with Gasteiger partial charge in [0.2, 0.25) is 5.91 Å². The highest BCUT2D eigenvalue weighted by Gasteiger charge is 2.25. The fourth-order valence-corrected chi connectivity index (χ4v) is 5.03. The SMILES string of the molecule is CCCc1c(-c2ccc(-c3ccccc3)cc2)c(C(N)=O)c(C)n1CCCN1CCCC1=O. The van der Waals surface area contributed by atoms with E-state index in [1.807, 2.05) is 30.0 Å². The average molecular weight is 444 g/mol. The lowest BCUT2D eigenvalue weighted by Crippen LogP contribution is -2.26. The normalized spacial score (nSPS) is 13.6. The van der Waals surface area contributed by atoms with E-state index in [1.54, 1.807) is 0 Å². The number of nitrogens with two attached hydrogens (primary N) is 1. The Labute approximate surface area is 196 Å². The van der Waals surface area contributed by atoms with E-state index in [2.05, 4.69) is 47.9 Å². The summed E-state index contributed by atoms with van der Waals surface area (Å²) in [4.78, 5) is 26.5. The summed E-state index contributed by atoms with van der Waals surface area (Å²) in [5.74, 6) is -0.134. The maximum absolute atomic E-state index is 12.6. The van der Waals surface area contributed by atoms with Gasteiger partial charge >= 0.3 is 0 Å². The molecule has 2 amide bonds. The van der Waals surface area contributed by atoms with E-state index < -0.39 is 0 Å². The summed E-state index contributed by atoms with van der Waals surface area (Å²) in [6.45, 7) is 6.53. The monoisotopic (exact) mass is 443 g/mol. The molecule has 2 heterocycles. The molecule has 33 heavy (non-hydrogen) atoms. The molecule has 0 atom stereocenters. The lowest BCUT2D eigenvalue weighted by molar-refractivity contribution is -0.127. The topological polar surface area (TPSA) is 68.3 Å². The van der Waals surface area contributed by atoms with Crippen LogP contribution in [0.25, 0.3) is 22.3 Å². The molecule has 0 unspecified atom stereocenters. The number of hydrogen-bond donors (Lipinski definition) is 1. The number of amides is 2. The molecule has 5 heteroatoms. The third-order valence-electron chi connectivity index (χ3n) is 6.63. The largest absolute Gasteiger partial charge is 0.366 e. The van der Waals surface area contributed by atoms with Gasteiger partial charge in [-0.3, -0.25) is 9.59 Å². The third-order valence-corrected chi connectivity index (χ3v) is 6.63. The molecule has 4 rings (SSSR count). The van der Waals surface area contributed by atoms with Crippen molar-refractivity contribution >= 4 is 11.8 Å². The quantitative estimate of drug-likeness (QED) is 0.494. The molecule has 0 aliphatic carbocycles. The number of carbonyl (C=O) groups excluding carboxylic acids is 2. The predicted octanol–water partition coefficient (Wildman–Crippen LogP) is 5.19. The smallest absolute Gasteiger partial charge is 0.251 e. The Morgan fingerprint density at radius 2 is 1.64 bits per heavy atom. The van der Waals surface area contributed by atoms with Crippen molar-refractivity contribution in [1.82, 2.24) is 9.47 Å². The van der Waals surface area contributed by atoms with Gasteiger partial charge in [0.25, 0.3) is 5.91 Å². The molecule has 0 radical (unpaired) electrons. The van der Waals surface area contributed by atoms with E-state index in [0.717, 1.165) is 79.0 Å². The van der Waals surface area contributed by atoms with Crippen molar-refractivity contribution in [2.24, 2.45) is 5.73 Å². The van der Waals surface area contributed by atoms with Crippen molar-refractivity contribution in [3.05, 3.63) is 71.5 Å². The minimum atomic E-state index is -0.388. The van der Waals surface area contributed by atoms with Crippen LogP contribution in [0.4, 0.5) is 0 Å². The van der Waals surface area contributed by atoms with E-state index >= 15 is 0 Å². The number of primary amides is 1. The Kier molecular flexibility index (Phi) is 6.97. The van der Waals surface area contributed by atoms with Crippen molar-refractivity contribution in [2.75, 3.05) is 13.1 Å². The molecule has 1 aromatic heterocycles. The van der Waals surface area contributed by atoms with Crippen LogP contribution in [0.3, 0.4) is 0 Å². The second-order valence-electron chi connectivity index (χ2n) is 8.83. The van der Waals surface area contributed by atoms with Gasteiger partial charge in [-0.25, -0.2) is 0 Å². The number of likely N-dealkylation sites (tertiary alicyclic amines) is 1. The fraction of sp³-hybridized carbons (Fsp3) is 0.357. The number of carbonyl (C=O) groups is 2. The van der Waals surface area contributed by atoms with Gasteiger partial charge in [0.05, 0.1) is 5.56 Å². The first-order chi connectivity index (χ1) is 16.0. The Bertz CT molecular complexity index is 1130. The molecular formula is C28H33N3O2. The average Bonchev–Trinajstić information content (AvgIpc) is 3.35. The fourth-order valence-electron chi connectivity index (χ4n) is 5.03. The van der Waals surface area contributed by atoms with E-state index in [9.17, 15) is 9.59 Å². The Hall–Kier alpha value is -3.34. The number of aromatic nitrogens is 1. The van der Waals surface area contributed by atoms with Crippen LogP contribution >= 0.6 is 0 Å². The molecule has 1 fully saturated rings. The molecule has 0 saturated carbocycles. The Balaban J connectivity index is 1.68. The van der Waals surface area contributed by atoms with Gasteiger partial charge in [-0.05, 0) is 42.9 Å². The first-order valence-electron chi connectivity index (χ1n) is 12.0. The maximum atomic E-state index is 12.6. The van der Waals surface area contributed by atoms with Crippen LogP contribution in [-0.4, -0.2) is 34.4 Å². The van der Waals surface area contributed by atoms with Crippen molar-refractivity contribution in [3.63, 3.8) is 0 Å². The molecule has 172 valence electrons. The molecule has 2 aromatic carbocycles. The Morgan fingerprint density at radius 3 is 2.24 bits per heavy atom. The summed E-state index contributed by atoms with van der Waals surface area (Å²) in [7, 11) is 0. The third kappa shape index (κ3) is 4.72. The van der Waals surface area contributed by atoms with Crippen LogP contribution in [0.15, 0.2) is 54.6 Å². The number of benzene rings is 2. The minimum absolute atomic E-state index is 0.255. The van der Waals surface area contributed by atoms with Crippen LogP contribution in [0.1, 0.15) is 54.4 Å². The molecule has 1 saturated heterocycles. The van der Waals surface area contributed by atoms with E-state index in [1.165, 1.54) is 0 Å². The van der Waals surface area contributed by atoms with Crippen molar-refractivity contribution in [1.29, 1.82) is 0 Å². The summed E-state index contributed by atoms with van der Waals surface area (Å²) in [6.07, 6.45) is 4.33. The molecule has 0 spiro atoms. The maximum Gasteiger partial charge on any atom is 0.251 e. The zero-order valence-corrected chi connectivity index (χ0v) is 19.6. The number of nitrogens with zero attached hydrogens (tertiary/aromatic N) is 2. The molecule has 1 aliphatic rings. The second kappa shape index (κ2) is 10.1. The number of hydrogen-bond acceptors (Lipinski definition) is 2. The van der Waals surface area contributed by atoms with E-state index in [0.29, 0.717) is 12.0 Å².